The summed E-state index contributed by atoms with van der Waals surface area (Å²) in [4.78, 5) is 19.7. The average molecular weight is 518 g/mol. The van der Waals surface area contributed by atoms with Gasteiger partial charge in [-0.2, -0.15) is 0 Å². The average Bonchev–Trinajstić information content (AvgIpc) is 3.40. The number of halogens is 1. The standard InChI is InChI=1S/C28H28BrN3O2/c1-19(2)20-10-12-24(13-11-20)34-15-14-31-26-9-4-3-8-25(26)30-28(31)21-16-27(33)32(18-21)23-7-5-6-22(29)17-23/h3-13,17,19,21H,14-16,18H2,1-2H3. The molecule has 1 amide bonds. The molecule has 0 radical (unpaired) electrons. The Balaban J connectivity index is 1.36. The lowest BCUT2D eigenvalue weighted by atomic mass is 10.0. The van der Waals surface area contributed by atoms with Crippen LogP contribution in [0.15, 0.2) is 77.3 Å². The van der Waals surface area contributed by atoms with Crippen molar-refractivity contribution < 1.29 is 9.53 Å². The van der Waals surface area contributed by atoms with Crippen molar-refractivity contribution in [3.63, 3.8) is 0 Å². The molecule has 1 atom stereocenters. The molecular formula is C28H28BrN3O2. The number of amides is 1. The van der Waals surface area contributed by atoms with Gasteiger partial charge in [-0.05, 0) is 53.9 Å². The fraction of sp³-hybridized carbons (Fsp3) is 0.286. The number of benzene rings is 3. The van der Waals surface area contributed by atoms with Gasteiger partial charge < -0.3 is 14.2 Å². The van der Waals surface area contributed by atoms with E-state index in [2.05, 4.69) is 52.5 Å². The molecule has 3 aromatic carbocycles. The number of nitrogens with zero attached hydrogens (tertiary/aromatic N) is 3. The third kappa shape index (κ3) is 4.60. The first-order chi connectivity index (χ1) is 16.5. The van der Waals surface area contributed by atoms with E-state index in [0.29, 0.717) is 32.0 Å². The highest BCUT2D eigenvalue weighted by molar-refractivity contribution is 9.10. The van der Waals surface area contributed by atoms with Gasteiger partial charge in [0.1, 0.15) is 18.2 Å². The molecule has 5 nitrogen and oxygen atoms in total. The number of aromatic nitrogens is 2. The summed E-state index contributed by atoms with van der Waals surface area (Å²) in [6.45, 7) is 6.20. The molecule has 0 N–H and O–H groups in total. The molecule has 1 saturated heterocycles. The second-order valence-electron chi connectivity index (χ2n) is 9.07. The van der Waals surface area contributed by atoms with Gasteiger partial charge in [-0.15, -0.1) is 0 Å². The summed E-state index contributed by atoms with van der Waals surface area (Å²) in [5.74, 6) is 2.48. The summed E-state index contributed by atoms with van der Waals surface area (Å²) in [7, 11) is 0. The third-order valence-electron chi connectivity index (χ3n) is 6.42. The summed E-state index contributed by atoms with van der Waals surface area (Å²) >= 11 is 3.51. The Morgan fingerprint density at radius 3 is 2.62 bits per heavy atom. The second-order valence-corrected chi connectivity index (χ2v) is 9.98. The number of para-hydroxylation sites is 2. The van der Waals surface area contributed by atoms with Gasteiger partial charge in [0.25, 0.3) is 0 Å². The first kappa shape index (κ1) is 22.7. The molecule has 0 saturated carbocycles. The number of rotatable bonds is 7. The van der Waals surface area contributed by atoms with Crippen LogP contribution in [-0.2, 0) is 11.3 Å². The van der Waals surface area contributed by atoms with E-state index in [9.17, 15) is 4.79 Å². The zero-order valence-electron chi connectivity index (χ0n) is 19.4. The van der Waals surface area contributed by atoms with Gasteiger partial charge in [0.15, 0.2) is 0 Å². The molecule has 1 aromatic heterocycles. The Labute approximate surface area is 208 Å². The van der Waals surface area contributed by atoms with Crippen molar-refractivity contribution in [3.8, 4) is 5.75 Å². The minimum Gasteiger partial charge on any atom is -0.492 e. The number of hydrogen-bond acceptors (Lipinski definition) is 3. The summed E-state index contributed by atoms with van der Waals surface area (Å²) in [5, 5.41) is 0. The summed E-state index contributed by atoms with van der Waals surface area (Å²) < 4.78 is 9.26. The molecular weight excluding hydrogens is 490 g/mol. The molecule has 1 fully saturated rings. The molecule has 34 heavy (non-hydrogen) atoms. The summed E-state index contributed by atoms with van der Waals surface area (Å²) in [6, 6.07) is 24.4. The van der Waals surface area contributed by atoms with Crippen molar-refractivity contribution in [1.29, 1.82) is 0 Å². The minimum atomic E-state index is 0.0317. The lowest BCUT2D eigenvalue weighted by Gasteiger charge is -2.18. The molecule has 1 aliphatic heterocycles. The Morgan fingerprint density at radius 1 is 1.06 bits per heavy atom. The van der Waals surface area contributed by atoms with Crippen LogP contribution in [0.4, 0.5) is 5.69 Å². The Kier molecular flexibility index (Phi) is 6.42. The molecule has 4 aromatic rings. The number of imidazole rings is 1. The van der Waals surface area contributed by atoms with Crippen molar-refractivity contribution in [1.82, 2.24) is 9.55 Å². The molecule has 1 unspecified atom stereocenters. The summed E-state index contributed by atoms with van der Waals surface area (Å²) in [5.41, 5.74) is 4.24. The Bertz CT molecular complexity index is 1310. The quantitative estimate of drug-likeness (QED) is 0.280. The summed E-state index contributed by atoms with van der Waals surface area (Å²) in [6.07, 6.45) is 0.452. The van der Waals surface area contributed by atoms with Crippen LogP contribution in [0.1, 0.15) is 43.5 Å². The maximum Gasteiger partial charge on any atom is 0.227 e. The Morgan fingerprint density at radius 2 is 1.85 bits per heavy atom. The predicted molar refractivity (Wildman–Crippen MR) is 140 cm³/mol. The van der Waals surface area contributed by atoms with Gasteiger partial charge in [-0.1, -0.05) is 60.1 Å². The van der Waals surface area contributed by atoms with E-state index in [1.54, 1.807) is 0 Å². The first-order valence-electron chi connectivity index (χ1n) is 11.7. The third-order valence-corrected chi connectivity index (χ3v) is 6.92. The lowest BCUT2D eigenvalue weighted by Crippen LogP contribution is -2.24. The predicted octanol–water partition coefficient (Wildman–Crippen LogP) is 6.52. The lowest BCUT2D eigenvalue weighted by molar-refractivity contribution is -0.117. The normalized spacial score (nSPS) is 16.1. The molecule has 2 heterocycles. The zero-order chi connectivity index (χ0) is 23.7. The van der Waals surface area contributed by atoms with Crippen molar-refractivity contribution >= 4 is 38.6 Å². The topological polar surface area (TPSA) is 47.4 Å². The largest absolute Gasteiger partial charge is 0.492 e. The van der Waals surface area contributed by atoms with Crippen LogP contribution in [0.3, 0.4) is 0 Å². The number of carbonyl (C=O) groups excluding carboxylic acids is 1. The zero-order valence-corrected chi connectivity index (χ0v) is 21.0. The highest BCUT2D eigenvalue weighted by Crippen LogP contribution is 2.34. The molecule has 5 rings (SSSR count). The monoisotopic (exact) mass is 517 g/mol. The Hall–Kier alpha value is -3.12. The van der Waals surface area contributed by atoms with Crippen molar-refractivity contribution in [2.24, 2.45) is 0 Å². The van der Waals surface area contributed by atoms with Crippen LogP contribution in [-0.4, -0.2) is 28.6 Å². The van der Waals surface area contributed by atoms with E-state index in [1.165, 1.54) is 5.56 Å². The fourth-order valence-electron chi connectivity index (χ4n) is 4.62. The van der Waals surface area contributed by atoms with E-state index in [-0.39, 0.29) is 11.8 Å². The second kappa shape index (κ2) is 9.63. The fourth-order valence-corrected chi connectivity index (χ4v) is 5.01. The number of hydrogen-bond donors (Lipinski definition) is 0. The van der Waals surface area contributed by atoms with Gasteiger partial charge in [0, 0.05) is 29.0 Å². The van der Waals surface area contributed by atoms with Crippen LogP contribution in [0, 0.1) is 0 Å². The van der Waals surface area contributed by atoms with Crippen molar-refractivity contribution in [2.45, 2.75) is 38.6 Å². The van der Waals surface area contributed by atoms with Gasteiger partial charge >= 0.3 is 0 Å². The first-order valence-corrected chi connectivity index (χ1v) is 12.5. The van der Waals surface area contributed by atoms with Gasteiger partial charge in [-0.3, -0.25) is 4.79 Å². The van der Waals surface area contributed by atoms with E-state index < -0.39 is 0 Å². The molecule has 6 heteroatoms. The van der Waals surface area contributed by atoms with Crippen LogP contribution >= 0.6 is 15.9 Å². The van der Waals surface area contributed by atoms with Gasteiger partial charge in [0.2, 0.25) is 5.91 Å². The van der Waals surface area contributed by atoms with Crippen molar-refractivity contribution in [3.05, 3.63) is 88.7 Å². The number of anilines is 1. The molecule has 0 spiro atoms. The van der Waals surface area contributed by atoms with E-state index >= 15 is 0 Å². The van der Waals surface area contributed by atoms with Crippen LogP contribution in [0.2, 0.25) is 0 Å². The SMILES string of the molecule is CC(C)c1ccc(OCCn2c(C3CC(=O)N(c4cccc(Br)c4)C3)nc3ccccc32)cc1. The maximum absolute atomic E-state index is 12.9. The maximum atomic E-state index is 12.9. The van der Waals surface area contributed by atoms with E-state index in [4.69, 9.17) is 9.72 Å². The molecule has 0 aliphatic carbocycles. The number of ether oxygens (including phenoxy) is 1. The number of carbonyl (C=O) groups is 1. The van der Waals surface area contributed by atoms with E-state index in [0.717, 1.165) is 32.8 Å². The molecule has 1 aliphatic rings. The highest BCUT2D eigenvalue weighted by atomic mass is 79.9. The van der Waals surface area contributed by atoms with Crippen molar-refractivity contribution in [2.75, 3.05) is 18.1 Å². The molecule has 174 valence electrons. The van der Waals surface area contributed by atoms with Crippen LogP contribution < -0.4 is 9.64 Å². The van der Waals surface area contributed by atoms with Crippen LogP contribution in [0.5, 0.6) is 5.75 Å². The van der Waals surface area contributed by atoms with Crippen LogP contribution in [0.25, 0.3) is 11.0 Å². The smallest absolute Gasteiger partial charge is 0.227 e. The number of fused-ring (bicyclic) bond motifs is 1. The van der Waals surface area contributed by atoms with Gasteiger partial charge in [0.05, 0.1) is 17.6 Å². The minimum absolute atomic E-state index is 0.0317. The van der Waals surface area contributed by atoms with Gasteiger partial charge in [-0.25, -0.2) is 4.98 Å². The highest BCUT2D eigenvalue weighted by Gasteiger charge is 2.34. The van der Waals surface area contributed by atoms with E-state index in [1.807, 2.05) is 59.5 Å². The molecule has 0 bridgehead atoms.